The van der Waals surface area contributed by atoms with Gasteiger partial charge in [0.25, 0.3) is 5.91 Å². The van der Waals surface area contributed by atoms with Crippen molar-refractivity contribution in [2.75, 3.05) is 17.6 Å². The molecule has 0 aliphatic rings. The number of hydrogen-bond donors (Lipinski definition) is 3. The first-order valence-electron chi connectivity index (χ1n) is 5.09. The van der Waals surface area contributed by atoms with Crippen molar-refractivity contribution < 1.29 is 9.90 Å². The van der Waals surface area contributed by atoms with Crippen LogP contribution in [0, 0.1) is 0 Å². The lowest BCUT2D eigenvalue weighted by molar-refractivity contribution is -0.123. The predicted octanol–water partition coefficient (Wildman–Crippen LogP) is 1.06. The molecule has 0 aliphatic heterocycles. The van der Waals surface area contributed by atoms with Crippen molar-refractivity contribution in [3.05, 3.63) is 24.3 Å². The second kappa shape index (κ2) is 6.52. The van der Waals surface area contributed by atoms with Gasteiger partial charge in [0.2, 0.25) is 0 Å². The van der Waals surface area contributed by atoms with Crippen molar-refractivity contribution in [2.24, 2.45) is 5.73 Å². The molecule has 1 aromatic rings. The first-order valence-corrected chi connectivity index (χ1v) is 6.07. The van der Waals surface area contributed by atoms with E-state index in [-0.39, 0.29) is 6.54 Å². The van der Waals surface area contributed by atoms with Gasteiger partial charge in [-0.2, -0.15) is 0 Å². The van der Waals surface area contributed by atoms with Gasteiger partial charge < -0.3 is 16.2 Å². The Morgan fingerprint density at radius 1 is 1.50 bits per heavy atom. The fraction of sp³-hybridized carbons (Fsp3) is 0.364. The minimum Gasteiger partial charge on any atom is -0.382 e. The Kier molecular flexibility index (Phi) is 5.31. The smallest absolute Gasteiger partial charge is 0.254 e. The van der Waals surface area contributed by atoms with Crippen LogP contribution in [-0.2, 0) is 4.79 Å². The monoisotopic (exact) mass is 240 g/mol. The summed E-state index contributed by atoms with van der Waals surface area (Å²) in [6.45, 7) is 2.01. The predicted molar refractivity (Wildman–Crippen MR) is 66.5 cm³/mol. The normalized spacial score (nSPS) is 12.2. The minimum absolute atomic E-state index is 0.0738. The number of carbonyl (C=O) groups is 1. The van der Waals surface area contributed by atoms with E-state index in [4.69, 9.17) is 5.73 Å². The van der Waals surface area contributed by atoms with Crippen LogP contribution in [0.4, 0.5) is 5.69 Å². The van der Waals surface area contributed by atoms with E-state index < -0.39 is 12.0 Å². The maximum absolute atomic E-state index is 11.3. The zero-order chi connectivity index (χ0) is 12.0. The number of benzene rings is 1. The van der Waals surface area contributed by atoms with Gasteiger partial charge in [0.05, 0.1) is 0 Å². The first-order chi connectivity index (χ1) is 7.67. The topological polar surface area (TPSA) is 75.3 Å². The van der Waals surface area contributed by atoms with E-state index in [0.29, 0.717) is 5.69 Å². The van der Waals surface area contributed by atoms with Crippen molar-refractivity contribution in [3.8, 4) is 0 Å². The summed E-state index contributed by atoms with van der Waals surface area (Å²) in [5.74, 6) is 0.538. The highest BCUT2D eigenvalue weighted by molar-refractivity contribution is 7.99. The van der Waals surface area contributed by atoms with Crippen molar-refractivity contribution in [3.63, 3.8) is 0 Å². The molecule has 0 saturated heterocycles. The van der Waals surface area contributed by atoms with Crippen LogP contribution in [0.2, 0.25) is 0 Å². The van der Waals surface area contributed by atoms with Crippen LogP contribution in [0.3, 0.4) is 0 Å². The van der Waals surface area contributed by atoms with E-state index in [1.54, 1.807) is 23.9 Å². The Balaban J connectivity index is 2.58. The Morgan fingerprint density at radius 2 is 2.12 bits per heavy atom. The highest BCUT2D eigenvalue weighted by Gasteiger charge is 2.12. The average molecular weight is 240 g/mol. The Morgan fingerprint density at radius 3 is 2.62 bits per heavy atom. The Labute approximate surface area is 99.2 Å². The molecule has 0 aromatic heterocycles. The van der Waals surface area contributed by atoms with Crippen molar-refractivity contribution in [2.45, 2.75) is 17.9 Å². The summed E-state index contributed by atoms with van der Waals surface area (Å²) >= 11 is 1.73. The van der Waals surface area contributed by atoms with Gasteiger partial charge in [-0.15, -0.1) is 11.8 Å². The number of rotatable bonds is 5. The SMILES string of the molecule is CCSc1ccc(NC(=O)C(O)CN)cc1. The number of anilines is 1. The fourth-order valence-electron chi connectivity index (χ4n) is 1.13. The lowest BCUT2D eigenvalue weighted by Gasteiger charge is -2.09. The van der Waals surface area contributed by atoms with Gasteiger partial charge in [-0.25, -0.2) is 0 Å². The van der Waals surface area contributed by atoms with E-state index >= 15 is 0 Å². The van der Waals surface area contributed by atoms with Crippen LogP contribution in [0.25, 0.3) is 0 Å². The zero-order valence-corrected chi connectivity index (χ0v) is 9.96. The zero-order valence-electron chi connectivity index (χ0n) is 9.14. The number of carbonyl (C=O) groups excluding carboxylic acids is 1. The average Bonchev–Trinajstić information content (AvgIpc) is 2.31. The number of aliphatic hydroxyl groups excluding tert-OH is 1. The van der Waals surface area contributed by atoms with Crippen LogP contribution < -0.4 is 11.1 Å². The number of nitrogens with two attached hydrogens (primary N) is 1. The maximum atomic E-state index is 11.3. The van der Waals surface area contributed by atoms with Crippen molar-refractivity contribution >= 4 is 23.4 Å². The van der Waals surface area contributed by atoms with E-state index in [1.807, 2.05) is 12.1 Å². The number of thioether (sulfide) groups is 1. The van der Waals surface area contributed by atoms with E-state index in [1.165, 1.54) is 0 Å². The first kappa shape index (κ1) is 13.0. The summed E-state index contributed by atoms with van der Waals surface area (Å²) in [5, 5.41) is 11.8. The molecule has 0 aliphatic carbocycles. The van der Waals surface area contributed by atoms with E-state index in [0.717, 1.165) is 10.6 Å². The largest absolute Gasteiger partial charge is 0.382 e. The molecule has 0 heterocycles. The van der Waals surface area contributed by atoms with Gasteiger partial charge in [0.1, 0.15) is 6.10 Å². The maximum Gasteiger partial charge on any atom is 0.254 e. The molecule has 1 unspecified atom stereocenters. The molecule has 4 nitrogen and oxygen atoms in total. The molecule has 88 valence electrons. The van der Waals surface area contributed by atoms with E-state index in [2.05, 4.69) is 12.2 Å². The molecular weight excluding hydrogens is 224 g/mol. The molecule has 16 heavy (non-hydrogen) atoms. The molecule has 0 fully saturated rings. The Hall–Kier alpha value is -1.04. The summed E-state index contributed by atoms with van der Waals surface area (Å²) in [4.78, 5) is 12.5. The second-order valence-electron chi connectivity index (χ2n) is 3.20. The van der Waals surface area contributed by atoms with Crippen molar-refractivity contribution in [1.29, 1.82) is 0 Å². The standard InChI is InChI=1S/C11H16N2O2S/c1-2-16-9-5-3-8(4-6-9)13-11(15)10(14)7-12/h3-6,10,14H,2,7,12H2,1H3,(H,13,15). The third-order valence-corrected chi connectivity index (χ3v) is 2.85. The summed E-state index contributed by atoms with van der Waals surface area (Å²) in [5.41, 5.74) is 5.84. The highest BCUT2D eigenvalue weighted by Crippen LogP contribution is 2.19. The summed E-state index contributed by atoms with van der Waals surface area (Å²) < 4.78 is 0. The molecule has 0 bridgehead atoms. The van der Waals surface area contributed by atoms with Crippen LogP contribution in [-0.4, -0.2) is 29.4 Å². The number of nitrogens with one attached hydrogen (secondary N) is 1. The van der Waals surface area contributed by atoms with Gasteiger partial charge in [-0.05, 0) is 30.0 Å². The Bertz CT molecular complexity index is 340. The molecule has 0 saturated carbocycles. The molecule has 0 radical (unpaired) electrons. The highest BCUT2D eigenvalue weighted by atomic mass is 32.2. The van der Waals surface area contributed by atoms with Gasteiger partial charge in [-0.3, -0.25) is 4.79 Å². The molecule has 0 spiro atoms. The molecule has 4 N–H and O–H groups in total. The lowest BCUT2D eigenvalue weighted by Crippen LogP contribution is -2.34. The van der Waals surface area contributed by atoms with Gasteiger partial charge in [-0.1, -0.05) is 6.92 Å². The van der Waals surface area contributed by atoms with E-state index in [9.17, 15) is 9.90 Å². The van der Waals surface area contributed by atoms with Crippen molar-refractivity contribution in [1.82, 2.24) is 0 Å². The van der Waals surface area contributed by atoms with Crippen LogP contribution in [0.15, 0.2) is 29.2 Å². The van der Waals surface area contributed by atoms with Crippen LogP contribution >= 0.6 is 11.8 Å². The summed E-state index contributed by atoms with van der Waals surface area (Å²) in [6.07, 6.45) is -1.15. The fourth-order valence-corrected chi connectivity index (χ4v) is 1.80. The van der Waals surface area contributed by atoms with Gasteiger partial charge in [0, 0.05) is 17.1 Å². The minimum atomic E-state index is -1.15. The lowest BCUT2D eigenvalue weighted by atomic mass is 10.3. The number of hydrogen-bond acceptors (Lipinski definition) is 4. The molecule has 1 aromatic carbocycles. The van der Waals surface area contributed by atoms with Gasteiger partial charge >= 0.3 is 0 Å². The molecule has 1 rings (SSSR count). The summed E-state index contributed by atoms with van der Waals surface area (Å²) in [7, 11) is 0. The third-order valence-electron chi connectivity index (χ3n) is 1.96. The van der Waals surface area contributed by atoms with Crippen LogP contribution in [0.5, 0.6) is 0 Å². The molecule has 1 amide bonds. The molecular formula is C11H16N2O2S. The number of aliphatic hydroxyl groups is 1. The molecule has 5 heteroatoms. The summed E-state index contributed by atoms with van der Waals surface area (Å²) in [6, 6.07) is 7.47. The van der Waals surface area contributed by atoms with Gasteiger partial charge in [0.15, 0.2) is 0 Å². The second-order valence-corrected chi connectivity index (χ2v) is 4.54. The van der Waals surface area contributed by atoms with Crippen LogP contribution in [0.1, 0.15) is 6.92 Å². The molecule has 1 atom stereocenters. The third kappa shape index (κ3) is 3.84. The quantitative estimate of drug-likeness (QED) is 0.673. The number of amides is 1.